The maximum atomic E-state index is 9.96. The monoisotopic (exact) mass is 282 g/mol. The molecule has 1 atom stereocenters. The fourth-order valence-electron chi connectivity index (χ4n) is 1.70. The van der Waals surface area contributed by atoms with Crippen molar-refractivity contribution < 1.29 is 17.5 Å². The number of benzene rings is 1. The summed E-state index contributed by atoms with van der Waals surface area (Å²) in [6.45, 7) is 3.52. The van der Waals surface area contributed by atoms with Gasteiger partial charge in [-0.15, -0.1) is 11.3 Å². The van der Waals surface area contributed by atoms with Gasteiger partial charge in [0.15, 0.2) is 0 Å². The van der Waals surface area contributed by atoms with Crippen LogP contribution in [0.2, 0.25) is 0 Å². The first-order chi connectivity index (χ1) is 8.27. The van der Waals surface area contributed by atoms with E-state index in [1.165, 1.54) is 10.4 Å². The van der Waals surface area contributed by atoms with E-state index in [4.69, 9.17) is 0 Å². The second-order valence-electron chi connectivity index (χ2n) is 4.08. The van der Waals surface area contributed by atoms with Crippen molar-refractivity contribution in [1.29, 1.82) is 0 Å². The summed E-state index contributed by atoms with van der Waals surface area (Å²) < 4.78 is 0. The van der Waals surface area contributed by atoms with Crippen LogP contribution in [0.15, 0.2) is 41.8 Å². The van der Waals surface area contributed by atoms with Gasteiger partial charge < -0.3 is 22.8 Å². The minimum Gasteiger partial charge on any atom is -1.00 e. The first kappa shape index (κ1) is 15.2. The van der Waals surface area contributed by atoms with E-state index < -0.39 is 6.10 Å². The molecule has 2 rings (SSSR count). The molecule has 0 bridgehead atoms. The standard InChI is InChI=1S/C14H17NOS.ClH/c1-11-7-8-17-14(11)10-15-9-13(16)12-5-3-2-4-6-12;/h2-8,13,15-16H,9-10H2,1H3;1H/p-1. The Morgan fingerprint density at radius 1 is 1.22 bits per heavy atom. The van der Waals surface area contributed by atoms with Crippen LogP contribution in [0.4, 0.5) is 0 Å². The molecule has 0 spiro atoms. The van der Waals surface area contributed by atoms with Crippen molar-refractivity contribution in [2.45, 2.75) is 19.6 Å². The van der Waals surface area contributed by atoms with Crippen molar-refractivity contribution in [2.75, 3.05) is 6.54 Å². The van der Waals surface area contributed by atoms with Crippen LogP contribution in [-0.2, 0) is 6.54 Å². The van der Waals surface area contributed by atoms with Crippen molar-refractivity contribution in [3.63, 3.8) is 0 Å². The minimum absolute atomic E-state index is 0. The largest absolute Gasteiger partial charge is 1.00 e. The van der Waals surface area contributed by atoms with Crippen molar-refractivity contribution in [1.82, 2.24) is 5.32 Å². The molecule has 0 aliphatic rings. The quantitative estimate of drug-likeness (QED) is 0.802. The van der Waals surface area contributed by atoms with Crippen LogP contribution in [-0.4, -0.2) is 11.7 Å². The molecule has 0 saturated carbocycles. The predicted molar refractivity (Wildman–Crippen MR) is 72.2 cm³/mol. The molecule has 4 heteroatoms. The molecule has 2 N–H and O–H groups in total. The van der Waals surface area contributed by atoms with Gasteiger partial charge in [0.25, 0.3) is 0 Å². The van der Waals surface area contributed by atoms with Crippen LogP contribution in [0.3, 0.4) is 0 Å². The Hall–Kier alpha value is -0.870. The third kappa shape index (κ3) is 4.10. The number of thiophene rings is 1. The lowest BCUT2D eigenvalue weighted by molar-refractivity contribution is -0.00000512. The fourth-order valence-corrected chi connectivity index (χ4v) is 2.58. The Morgan fingerprint density at radius 2 is 1.94 bits per heavy atom. The second-order valence-corrected chi connectivity index (χ2v) is 5.08. The van der Waals surface area contributed by atoms with Crippen LogP contribution in [0.1, 0.15) is 22.1 Å². The molecule has 0 amide bonds. The Kier molecular flexibility index (Phi) is 6.36. The summed E-state index contributed by atoms with van der Waals surface area (Å²) in [6, 6.07) is 11.9. The molecular formula is C14H17ClNOS-. The van der Waals surface area contributed by atoms with Gasteiger partial charge in [-0.3, -0.25) is 0 Å². The van der Waals surface area contributed by atoms with Crippen LogP contribution in [0.5, 0.6) is 0 Å². The van der Waals surface area contributed by atoms with Crippen molar-refractivity contribution in [3.8, 4) is 0 Å². The number of aliphatic hydroxyl groups excluding tert-OH is 1. The van der Waals surface area contributed by atoms with E-state index in [0.29, 0.717) is 6.54 Å². The van der Waals surface area contributed by atoms with E-state index in [0.717, 1.165) is 12.1 Å². The van der Waals surface area contributed by atoms with Crippen molar-refractivity contribution in [2.24, 2.45) is 0 Å². The summed E-state index contributed by atoms with van der Waals surface area (Å²) >= 11 is 1.75. The zero-order valence-electron chi connectivity index (χ0n) is 10.3. The molecule has 1 unspecified atom stereocenters. The molecule has 1 heterocycles. The van der Waals surface area contributed by atoms with E-state index >= 15 is 0 Å². The summed E-state index contributed by atoms with van der Waals surface area (Å²) in [5.41, 5.74) is 2.28. The summed E-state index contributed by atoms with van der Waals surface area (Å²) in [5.74, 6) is 0. The van der Waals surface area contributed by atoms with Gasteiger partial charge in [0.05, 0.1) is 6.10 Å². The van der Waals surface area contributed by atoms with Crippen molar-refractivity contribution >= 4 is 11.3 Å². The number of rotatable bonds is 5. The first-order valence-electron chi connectivity index (χ1n) is 5.74. The molecule has 0 saturated heterocycles. The lowest BCUT2D eigenvalue weighted by Crippen LogP contribution is -3.00. The third-order valence-electron chi connectivity index (χ3n) is 2.78. The number of aryl methyl sites for hydroxylation is 1. The first-order valence-corrected chi connectivity index (χ1v) is 6.62. The molecule has 2 nitrogen and oxygen atoms in total. The number of hydrogen-bond acceptors (Lipinski definition) is 3. The Labute approximate surface area is 118 Å². The van der Waals surface area contributed by atoms with E-state index in [9.17, 15) is 5.11 Å². The van der Waals surface area contributed by atoms with E-state index in [2.05, 4.69) is 23.7 Å². The Bertz CT molecular complexity index is 458. The Balaban J connectivity index is 0.00000162. The SMILES string of the molecule is Cc1ccsc1CNCC(O)c1ccccc1.[Cl-]. The lowest BCUT2D eigenvalue weighted by Gasteiger charge is -2.11. The molecule has 0 aliphatic carbocycles. The van der Waals surface area contributed by atoms with E-state index in [1.54, 1.807) is 11.3 Å². The highest BCUT2D eigenvalue weighted by molar-refractivity contribution is 7.10. The molecule has 2 aromatic rings. The zero-order valence-corrected chi connectivity index (χ0v) is 11.8. The summed E-state index contributed by atoms with van der Waals surface area (Å²) in [6.07, 6.45) is -0.434. The summed E-state index contributed by atoms with van der Waals surface area (Å²) in [7, 11) is 0. The van der Waals surface area contributed by atoms with Gasteiger partial charge in [0, 0.05) is 18.0 Å². The molecule has 1 aromatic carbocycles. The molecule has 0 radical (unpaired) electrons. The van der Waals surface area contributed by atoms with Gasteiger partial charge >= 0.3 is 0 Å². The molecule has 0 fully saturated rings. The molecule has 1 aromatic heterocycles. The van der Waals surface area contributed by atoms with Crippen LogP contribution in [0.25, 0.3) is 0 Å². The highest BCUT2D eigenvalue weighted by Gasteiger charge is 2.06. The lowest BCUT2D eigenvalue weighted by atomic mass is 10.1. The summed E-state index contributed by atoms with van der Waals surface area (Å²) in [5, 5.41) is 15.3. The highest BCUT2D eigenvalue weighted by Crippen LogP contribution is 2.15. The predicted octanol–water partition coefficient (Wildman–Crippen LogP) is -0.116. The molecule has 98 valence electrons. The molecule has 0 aliphatic heterocycles. The second kappa shape index (κ2) is 7.54. The zero-order chi connectivity index (χ0) is 12.1. The van der Waals surface area contributed by atoms with Gasteiger partial charge in [0.2, 0.25) is 0 Å². The van der Waals surface area contributed by atoms with Crippen molar-refractivity contribution in [3.05, 3.63) is 57.8 Å². The maximum absolute atomic E-state index is 9.96. The summed E-state index contributed by atoms with van der Waals surface area (Å²) in [4.78, 5) is 1.34. The van der Waals surface area contributed by atoms with E-state index in [1.807, 2.05) is 30.3 Å². The van der Waals surface area contributed by atoms with Gasteiger partial charge in [0.1, 0.15) is 0 Å². The van der Waals surface area contributed by atoms with Gasteiger partial charge in [-0.05, 0) is 29.5 Å². The van der Waals surface area contributed by atoms with Gasteiger partial charge in [-0.1, -0.05) is 30.3 Å². The van der Waals surface area contributed by atoms with Crippen LogP contribution >= 0.6 is 11.3 Å². The van der Waals surface area contributed by atoms with E-state index in [-0.39, 0.29) is 12.4 Å². The van der Waals surface area contributed by atoms with Gasteiger partial charge in [-0.25, -0.2) is 0 Å². The number of halogens is 1. The van der Waals surface area contributed by atoms with Gasteiger partial charge in [-0.2, -0.15) is 0 Å². The topological polar surface area (TPSA) is 32.3 Å². The Morgan fingerprint density at radius 3 is 2.56 bits per heavy atom. The maximum Gasteiger partial charge on any atom is 0.0914 e. The highest BCUT2D eigenvalue weighted by atomic mass is 35.5. The smallest absolute Gasteiger partial charge is 0.0914 e. The third-order valence-corrected chi connectivity index (χ3v) is 3.80. The number of aliphatic hydroxyl groups is 1. The minimum atomic E-state index is -0.434. The molecular weight excluding hydrogens is 266 g/mol. The number of nitrogens with one attached hydrogen (secondary N) is 1. The average molecular weight is 283 g/mol. The fraction of sp³-hybridized carbons (Fsp3) is 0.286. The average Bonchev–Trinajstić information content (AvgIpc) is 2.76. The number of hydrogen-bond donors (Lipinski definition) is 2. The normalized spacial score (nSPS) is 11.9. The van der Waals surface area contributed by atoms with Crippen LogP contribution in [0, 0.1) is 6.92 Å². The van der Waals surface area contributed by atoms with Crippen LogP contribution < -0.4 is 17.7 Å². The molecule has 18 heavy (non-hydrogen) atoms.